The van der Waals surface area contributed by atoms with Gasteiger partial charge in [-0.1, -0.05) is 12.1 Å². The van der Waals surface area contributed by atoms with Gasteiger partial charge in [0.1, 0.15) is 6.04 Å². The van der Waals surface area contributed by atoms with E-state index in [9.17, 15) is 59.4 Å². The maximum atomic E-state index is 13.0. The molecular weight excluding hydrogens is 532 g/mol. The summed E-state index contributed by atoms with van der Waals surface area (Å²) in [7, 11) is 0. The minimum absolute atomic E-state index is 0.105. The Kier molecular flexibility index (Phi) is 8.26. The average molecular weight is 550 g/mol. The van der Waals surface area contributed by atoms with E-state index in [0.717, 1.165) is 5.32 Å². The molecule has 1 aromatic rings. The molecule has 2 rings (SSSR count). The second-order valence-corrected chi connectivity index (χ2v) is 7.77. The Morgan fingerprint density at radius 3 is 2.24 bits per heavy atom. The van der Waals surface area contributed by atoms with Gasteiger partial charge in [0.05, 0.1) is 24.5 Å². The van der Waals surface area contributed by atoms with Crippen LogP contribution in [-0.2, 0) is 19.1 Å². The highest BCUT2D eigenvalue weighted by molar-refractivity contribution is 6.10. The van der Waals surface area contributed by atoms with Crippen molar-refractivity contribution in [3.8, 4) is 0 Å². The molecular formula is C19H18F8N4O6. The third-order valence-electron chi connectivity index (χ3n) is 4.79. The Morgan fingerprint density at radius 1 is 1.08 bits per heavy atom. The summed E-state index contributed by atoms with van der Waals surface area (Å²) in [6.07, 6.45) is -12.6. The van der Waals surface area contributed by atoms with Crippen LogP contribution in [0.15, 0.2) is 24.3 Å². The molecule has 37 heavy (non-hydrogen) atoms. The molecule has 0 radical (unpaired) electrons. The third kappa shape index (κ3) is 7.17. The van der Waals surface area contributed by atoms with Crippen LogP contribution in [0.1, 0.15) is 6.92 Å². The van der Waals surface area contributed by atoms with Crippen LogP contribution in [0.5, 0.6) is 0 Å². The van der Waals surface area contributed by atoms with E-state index in [4.69, 9.17) is 0 Å². The van der Waals surface area contributed by atoms with Crippen LogP contribution in [0.3, 0.4) is 0 Å². The Morgan fingerprint density at radius 2 is 1.68 bits per heavy atom. The Balaban J connectivity index is 2.21. The average Bonchev–Trinajstić information content (AvgIpc) is 2.90. The Bertz CT molecular complexity index is 1060. The van der Waals surface area contributed by atoms with Gasteiger partial charge in [-0.3, -0.25) is 19.3 Å². The number of carbonyl (C=O) groups excluding carboxylic acids is 4. The number of benzene rings is 1. The summed E-state index contributed by atoms with van der Waals surface area (Å²) in [5.41, 5.74) is -3.56. The van der Waals surface area contributed by atoms with Gasteiger partial charge in [0.25, 0.3) is 11.8 Å². The van der Waals surface area contributed by atoms with Crippen molar-refractivity contribution in [1.82, 2.24) is 10.6 Å². The van der Waals surface area contributed by atoms with Crippen LogP contribution in [0, 0.1) is 0 Å². The highest BCUT2D eigenvalue weighted by atomic mass is 19.4. The summed E-state index contributed by atoms with van der Waals surface area (Å²) in [5, 5.41) is 15.3. The standard InChI is InChI=1S/C19H18F8N4O6/c1-16(36,13(33)28-7-17(20,21)19(25,26)27)14(34)30-10-6-31(15(35)37-8-18(22,23)24)11-5-3-2-4-9(11)29-12(10)32/h2-5,10,36H,6-8H2,1H3,(H,28,33)(H,29,32)(H,30,34)/t10-,16+/m0/s1. The summed E-state index contributed by atoms with van der Waals surface area (Å²) < 4.78 is 105. The molecule has 0 fully saturated rings. The molecule has 1 heterocycles. The lowest BCUT2D eigenvalue weighted by Gasteiger charge is -2.28. The van der Waals surface area contributed by atoms with Gasteiger partial charge in [-0.05, 0) is 19.1 Å². The van der Waals surface area contributed by atoms with E-state index in [1.54, 1.807) is 5.32 Å². The molecule has 1 aliphatic rings. The summed E-state index contributed by atoms with van der Waals surface area (Å²) in [6.45, 7) is -4.80. The first kappa shape index (κ1) is 29.5. The van der Waals surface area contributed by atoms with E-state index in [-0.39, 0.29) is 11.4 Å². The predicted octanol–water partition coefficient (Wildman–Crippen LogP) is 1.69. The molecule has 206 valence electrons. The normalized spacial score (nSPS) is 18.1. The summed E-state index contributed by atoms with van der Waals surface area (Å²) >= 11 is 0. The first-order valence-electron chi connectivity index (χ1n) is 9.93. The van der Waals surface area contributed by atoms with Crippen LogP contribution in [-0.4, -0.2) is 78.5 Å². The molecule has 18 heteroatoms. The zero-order valence-electron chi connectivity index (χ0n) is 18.5. The van der Waals surface area contributed by atoms with Gasteiger partial charge in [0.2, 0.25) is 11.5 Å². The van der Waals surface area contributed by atoms with Crippen LogP contribution < -0.4 is 20.9 Å². The van der Waals surface area contributed by atoms with Gasteiger partial charge in [0.15, 0.2) is 6.61 Å². The highest BCUT2D eigenvalue weighted by Crippen LogP contribution is 2.35. The Labute approximate surface area is 201 Å². The minimum atomic E-state index is -6.05. The SMILES string of the molecule is C[C@@](O)(C(=O)NCC(F)(F)C(F)(F)F)C(=O)N[C@H]1CN(C(=O)OCC(F)(F)F)c2ccccc2NC1=O. The number of carbonyl (C=O) groups is 4. The summed E-state index contributed by atoms with van der Waals surface area (Å²) in [6, 6.07) is 3.31. The smallest absolute Gasteiger partial charge is 0.439 e. The van der Waals surface area contributed by atoms with Crippen molar-refractivity contribution >= 4 is 35.2 Å². The maximum absolute atomic E-state index is 13.0. The number of hydrogen-bond donors (Lipinski definition) is 4. The van der Waals surface area contributed by atoms with Crippen molar-refractivity contribution in [3.63, 3.8) is 0 Å². The first-order chi connectivity index (χ1) is 16.8. The van der Waals surface area contributed by atoms with Crippen LogP contribution in [0.2, 0.25) is 0 Å². The maximum Gasteiger partial charge on any atom is 0.455 e. The summed E-state index contributed by atoms with van der Waals surface area (Å²) in [5.74, 6) is -10.3. The number of rotatable bonds is 6. The van der Waals surface area contributed by atoms with Gasteiger partial charge < -0.3 is 25.8 Å². The monoisotopic (exact) mass is 550 g/mol. The molecule has 10 nitrogen and oxygen atoms in total. The molecule has 2 atom stereocenters. The summed E-state index contributed by atoms with van der Waals surface area (Å²) in [4.78, 5) is 49.9. The number of anilines is 2. The lowest BCUT2D eigenvalue weighted by atomic mass is 10.0. The number of ether oxygens (including phenoxy) is 1. The fourth-order valence-electron chi connectivity index (χ4n) is 2.77. The number of hydrogen-bond acceptors (Lipinski definition) is 6. The largest absolute Gasteiger partial charge is 0.455 e. The van der Waals surface area contributed by atoms with E-state index in [2.05, 4.69) is 10.1 Å². The Hall–Kier alpha value is -3.70. The van der Waals surface area contributed by atoms with Crippen molar-refractivity contribution in [1.29, 1.82) is 0 Å². The second kappa shape index (κ2) is 10.3. The van der Waals surface area contributed by atoms with Gasteiger partial charge in [0, 0.05) is 0 Å². The molecule has 0 spiro atoms. The van der Waals surface area contributed by atoms with Crippen molar-refractivity contribution in [2.75, 3.05) is 29.9 Å². The number of aliphatic hydroxyl groups is 1. The fourth-order valence-corrected chi connectivity index (χ4v) is 2.77. The molecule has 1 aliphatic heterocycles. The molecule has 0 unspecified atom stereocenters. The lowest BCUT2D eigenvalue weighted by molar-refractivity contribution is -0.278. The van der Waals surface area contributed by atoms with Crippen LogP contribution in [0.25, 0.3) is 0 Å². The molecule has 0 bridgehead atoms. The van der Waals surface area contributed by atoms with Gasteiger partial charge >= 0.3 is 24.4 Å². The molecule has 4 amide bonds. The number of amides is 4. The molecule has 4 N–H and O–H groups in total. The molecule has 0 saturated carbocycles. The first-order valence-corrected chi connectivity index (χ1v) is 9.93. The van der Waals surface area contributed by atoms with Crippen molar-refractivity contribution < 1.29 is 64.1 Å². The van der Waals surface area contributed by atoms with E-state index >= 15 is 0 Å². The number of nitrogens with zero attached hydrogens (tertiary/aromatic N) is 1. The second-order valence-electron chi connectivity index (χ2n) is 7.77. The predicted molar refractivity (Wildman–Crippen MR) is 106 cm³/mol. The van der Waals surface area contributed by atoms with Crippen molar-refractivity contribution in [2.45, 2.75) is 36.8 Å². The fraction of sp³-hybridized carbons (Fsp3) is 0.474. The number of nitrogens with one attached hydrogen (secondary N) is 3. The number of halogens is 8. The van der Waals surface area contributed by atoms with E-state index < -0.39 is 73.4 Å². The third-order valence-corrected chi connectivity index (χ3v) is 4.79. The van der Waals surface area contributed by atoms with Crippen LogP contribution >= 0.6 is 0 Å². The molecule has 1 aromatic carbocycles. The molecule has 0 aromatic heterocycles. The topological polar surface area (TPSA) is 137 Å². The van der Waals surface area contributed by atoms with E-state index in [1.807, 2.05) is 0 Å². The van der Waals surface area contributed by atoms with E-state index in [1.165, 1.54) is 24.3 Å². The number of alkyl halides is 8. The molecule has 0 aliphatic carbocycles. The van der Waals surface area contributed by atoms with Gasteiger partial charge in [-0.2, -0.15) is 35.1 Å². The van der Waals surface area contributed by atoms with Crippen LogP contribution in [0.4, 0.5) is 51.3 Å². The highest BCUT2D eigenvalue weighted by Gasteiger charge is 2.58. The zero-order valence-corrected chi connectivity index (χ0v) is 18.5. The lowest BCUT2D eigenvalue weighted by Crippen LogP contribution is -2.61. The van der Waals surface area contributed by atoms with E-state index in [0.29, 0.717) is 11.8 Å². The minimum Gasteiger partial charge on any atom is -0.439 e. The number of para-hydroxylation sites is 2. The molecule has 0 saturated heterocycles. The van der Waals surface area contributed by atoms with Crippen molar-refractivity contribution in [2.24, 2.45) is 0 Å². The quantitative estimate of drug-likeness (QED) is 0.315. The number of fused-ring (bicyclic) bond motifs is 1. The zero-order chi connectivity index (χ0) is 28.4. The van der Waals surface area contributed by atoms with Gasteiger partial charge in [-0.15, -0.1) is 0 Å². The van der Waals surface area contributed by atoms with Gasteiger partial charge in [-0.25, -0.2) is 4.79 Å². The van der Waals surface area contributed by atoms with Crippen molar-refractivity contribution in [3.05, 3.63) is 24.3 Å².